The van der Waals surface area contributed by atoms with Gasteiger partial charge in [-0.3, -0.25) is 0 Å². The normalized spacial score (nSPS) is 10.3. The van der Waals surface area contributed by atoms with Gasteiger partial charge in [0.05, 0.1) is 7.11 Å². The minimum Gasteiger partial charge on any atom is -0.496 e. The topological polar surface area (TPSA) is 21.3 Å². The first-order chi connectivity index (χ1) is 8.27. The summed E-state index contributed by atoms with van der Waals surface area (Å²) in [7, 11) is 1.71. The zero-order valence-electron chi connectivity index (χ0n) is 11.4. The maximum Gasteiger partial charge on any atom is 0.121 e. The van der Waals surface area contributed by atoms with Crippen LogP contribution in [0.1, 0.15) is 44.6 Å². The fraction of sp³-hybridized carbons (Fsp3) is 0.600. The number of unbranched alkanes of at least 4 members (excludes halogenated alkanes) is 4. The molecule has 2 nitrogen and oxygen atoms in total. The number of ether oxygens (including phenoxy) is 1. The number of hydrogen-bond donors (Lipinski definition) is 1. The van der Waals surface area contributed by atoms with Crippen LogP contribution in [0.15, 0.2) is 18.2 Å². The SMILES string of the molecule is CCCCCCCNc1ccc(OC)c(C)c1. The lowest BCUT2D eigenvalue weighted by molar-refractivity contribution is 0.412. The summed E-state index contributed by atoms with van der Waals surface area (Å²) in [5.41, 5.74) is 2.38. The average Bonchev–Trinajstić information content (AvgIpc) is 2.34. The first-order valence-electron chi connectivity index (χ1n) is 6.66. The Morgan fingerprint density at radius 2 is 1.88 bits per heavy atom. The molecule has 0 saturated carbocycles. The zero-order valence-corrected chi connectivity index (χ0v) is 11.4. The van der Waals surface area contributed by atoms with E-state index in [0.717, 1.165) is 12.3 Å². The fourth-order valence-electron chi connectivity index (χ4n) is 1.95. The third-order valence-electron chi connectivity index (χ3n) is 3.00. The summed E-state index contributed by atoms with van der Waals surface area (Å²) in [5.74, 6) is 0.957. The first kappa shape index (κ1) is 13.9. The molecule has 0 aliphatic heterocycles. The van der Waals surface area contributed by atoms with Crippen molar-refractivity contribution in [2.24, 2.45) is 0 Å². The van der Waals surface area contributed by atoms with Crippen LogP contribution in [-0.4, -0.2) is 13.7 Å². The van der Waals surface area contributed by atoms with Gasteiger partial charge < -0.3 is 10.1 Å². The lowest BCUT2D eigenvalue weighted by atomic mass is 10.1. The fourth-order valence-corrected chi connectivity index (χ4v) is 1.95. The Hall–Kier alpha value is -1.18. The van der Waals surface area contributed by atoms with Crippen molar-refractivity contribution >= 4 is 5.69 Å². The predicted octanol–water partition coefficient (Wildman–Crippen LogP) is 4.39. The Labute approximate surface area is 105 Å². The molecular formula is C15H25NO. The summed E-state index contributed by atoms with van der Waals surface area (Å²) in [4.78, 5) is 0. The highest BCUT2D eigenvalue weighted by atomic mass is 16.5. The average molecular weight is 235 g/mol. The zero-order chi connectivity index (χ0) is 12.5. The van der Waals surface area contributed by atoms with Crippen molar-refractivity contribution in [1.82, 2.24) is 0 Å². The van der Waals surface area contributed by atoms with Crippen molar-refractivity contribution < 1.29 is 4.74 Å². The van der Waals surface area contributed by atoms with Crippen LogP contribution in [-0.2, 0) is 0 Å². The highest BCUT2D eigenvalue weighted by molar-refractivity contribution is 5.50. The molecule has 1 aromatic carbocycles. The van der Waals surface area contributed by atoms with Crippen molar-refractivity contribution in [2.75, 3.05) is 19.0 Å². The number of rotatable bonds is 8. The van der Waals surface area contributed by atoms with E-state index in [1.54, 1.807) is 7.11 Å². The standard InChI is InChI=1S/C15H25NO/c1-4-5-6-7-8-11-16-14-9-10-15(17-3)13(2)12-14/h9-10,12,16H,4-8,11H2,1-3H3. The minimum absolute atomic E-state index is 0.957. The molecule has 2 heteroatoms. The second-order valence-corrected chi connectivity index (χ2v) is 4.53. The Bertz CT molecular complexity index is 323. The Kier molecular flexibility index (Phi) is 6.53. The van der Waals surface area contributed by atoms with Crippen molar-refractivity contribution in [2.45, 2.75) is 46.0 Å². The summed E-state index contributed by atoms with van der Waals surface area (Å²) in [6.45, 7) is 5.39. The van der Waals surface area contributed by atoms with E-state index in [9.17, 15) is 0 Å². The summed E-state index contributed by atoms with van der Waals surface area (Å²) < 4.78 is 5.24. The van der Waals surface area contributed by atoms with Crippen molar-refractivity contribution in [3.8, 4) is 5.75 Å². The molecule has 0 saturated heterocycles. The van der Waals surface area contributed by atoms with Crippen molar-refractivity contribution in [1.29, 1.82) is 0 Å². The number of hydrogen-bond acceptors (Lipinski definition) is 2. The second-order valence-electron chi connectivity index (χ2n) is 4.53. The molecule has 96 valence electrons. The molecule has 0 aliphatic carbocycles. The molecule has 0 aliphatic rings. The summed E-state index contributed by atoms with van der Waals surface area (Å²) >= 11 is 0. The van der Waals surface area contributed by atoms with Gasteiger partial charge >= 0.3 is 0 Å². The van der Waals surface area contributed by atoms with Crippen LogP contribution in [0.25, 0.3) is 0 Å². The van der Waals surface area contributed by atoms with E-state index in [2.05, 4.69) is 31.3 Å². The van der Waals surface area contributed by atoms with E-state index >= 15 is 0 Å². The van der Waals surface area contributed by atoms with E-state index in [4.69, 9.17) is 4.74 Å². The van der Waals surface area contributed by atoms with Gasteiger partial charge in [-0.2, -0.15) is 0 Å². The minimum atomic E-state index is 0.957. The van der Waals surface area contributed by atoms with Crippen LogP contribution in [0.4, 0.5) is 5.69 Å². The molecule has 1 aromatic rings. The Morgan fingerprint density at radius 3 is 2.53 bits per heavy atom. The van der Waals surface area contributed by atoms with Gasteiger partial charge in [0.1, 0.15) is 5.75 Å². The number of anilines is 1. The maximum atomic E-state index is 5.24. The van der Waals surface area contributed by atoms with Gasteiger partial charge in [-0.25, -0.2) is 0 Å². The molecule has 0 aromatic heterocycles. The van der Waals surface area contributed by atoms with Gasteiger partial charge in [0, 0.05) is 12.2 Å². The van der Waals surface area contributed by atoms with Gasteiger partial charge in [-0.15, -0.1) is 0 Å². The van der Waals surface area contributed by atoms with Gasteiger partial charge in [-0.1, -0.05) is 32.6 Å². The maximum absolute atomic E-state index is 5.24. The number of benzene rings is 1. The molecule has 0 heterocycles. The second kappa shape index (κ2) is 7.99. The summed E-state index contributed by atoms with van der Waals surface area (Å²) in [5, 5.41) is 3.46. The molecule has 0 bridgehead atoms. The van der Waals surface area contributed by atoms with Crippen LogP contribution in [0, 0.1) is 6.92 Å². The molecule has 17 heavy (non-hydrogen) atoms. The van der Waals surface area contributed by atoms with Gasteiger partial charge in [0.2, 0.25) is 0 Å². The third-order valence-corrected chi connectivity index (χ3v) is 3.00. The quantitative estimate of drug-likeness (QED) is 0.675. The molecule has 1 N–H and O–H groups in total. The number of aryl methyl sites for hydroxylation is 1. The van der Waals surface area contributed by atoms with Crippen LogP contribution in [0.5, 0.6) is 5.75 Å². The van der Waals surface area contributed by atoms with Crippen LogP contribution in [0.2, 0.25) is 0 Å². The predicted molar refractivity (Wildman–Crippen MR) is 75.0 cm³/mol. The molecule has 0 amide bonds. The largest absolute Gasteiger partial charge is 0.496 e. The lowest BCUT2D eigenvalue weighted by Crippen LogP contribution is -2.01. The summed E-state index contributed by atoms with van der Waals surface area (Å²) in [6, 6.07) is 6.25. The third kappa shape index (κ3) is 5.12. The number of methoxy groups -OCH3 is 1. The van der Waals surface area contributed by atoms with Crippen LogP contribution in [0.3, 0.4) is 0 Å². The van der Waals surface area contributed by atoms with Crippen molar-refractivity contribution in [3.05, 3.63) is 23.8 Å². The summed E-state index contributed by atoms with van der Waals surface area (Å²) in [6.07, 6.45) is 6.62. The smallest absolute Gasteiger partial charge is 0.121 e. The molecule has 0 unspecified atom stereocenters. The lowest BCUT2D eigenvalue weighted by Gasteiger charge is -2.09. The van der Waals surface area contributed by atoms with Gasteiger partial charge in [-0.05, 0) is 37.1 Å². The van der Waals surface area contributed by atoms with E-state index in [1.165, 1.54) is 43.4 Å². The highest BCUT2D eigenvalue weighted by Crippen LogP contribution is 2.21. The van der Waals surface area contributed by atoms with Crippen molar-refractivity contribution in [3.63, 3.8) is 0 Å². The van der Waals surface area contributed by atoms with Gasteiger partial charge in [0.15, 0.2) is 0 Å². The van der Waals surface area contributed by atoms with E-state index in [0.29, 0.717) is 0 Å². The Balaban J connectivity index is 2.25. The monoisotopic (exact) mass is 235 g/mol. The van der Waals surface area contributed by atoms with E-state index in [1.807, 2.05) is 6.07 Å². The number of nitrogens with one attached hydrogen (secondary N) is 1. The Morgan fingerprint density at radius 1 is 1.12 bits per heavy atom. The van der Waals surface area contributed by atoms with Gasteiger partial charge in [0.25, 0.3) is 0 Å². The van der Waals surface area contributed by atoms with Crippen LogP contribution >= 0.6 is 0 Å². The molecule has 0 spiro atoms. The molecular weight excluding hydrogens is 210 g/mol. The van der Waals surface area contributed by atoms with E-state index < -0.39 is 0 Å². The van der Waals surface area contributed by atoms with Crippen LogP contribution < -0.4 is 10.1 Å². The molecule has 0 fully saturated rings. The highest BCUT2D eigenvalue weighted by Gasteiger charge is 1.99. The van der Waals surface area contributed by atoms with E-state index in [-0.39, 0.29) is 0 Å². The molecule has 0 atom stereocenters. The molecule has 1 rings (SSSR count). The molecule has 0 radical (unpaired) electrons. The first-order valence-corrected chi connectivity index (χ1v) is 6.66.